The summed E-state index contributed by atoms with van der Waals surface area (Å²) in [6.45, 7) is 11.3. The van der Waals surface area contributed by atoms with Gasteiger partial charge in [0, 0.05) is 24.4 Å². The molecule has 38 heavy (non-hydrogen) atoms. The first-order valence-corrected chi connectivity index (χ1v) is 13.3. The van der Waals surface area contributed by atoms with Gasteiger partial charge < -0.3 is 31.6 Å². The van der Waals surface area contributed by atoms with Crippen LogP contribution in [-0.2, 0) is 11.3 Å². The minimum absolute atomic E-state index is 0.0611. The second-order valence-corrected chi connectivity index (χ2v) is 10.6. The molecule has 2 aromatic carbocycles. The van der Waals surface area contributed by atoms with Crippen molar-refractivity contribution in [2.45, 2.75) is 71.8 Å². The second kappa shape index (κ2) is 12.6. The number of carbonyl (C=O) groups is 1. The molecule has 0 radical (unpaired) electrons. The molecule has 0 saturated carbocycles. The average molecular weight is 522 g/mol. The maximum absolute atomic E-state index is 13.1. The van der Waals surface area contributed by atoms with Crippen LogP contribution in [-0.4, -0.2) is 46.7 Å². The first kappa shape index (κ1) is 28.8. The number of rotatable bonds is 8. The van der Waals surface area contributed by atoms with E-state index in [4.69, 9.17) is 26.7 Å². The molecule has 2 atom stereocenters. The van der Waals surface area contributed by atoms with Gasteiger partial charge in [-0.2, -0.15) is 0 Å². The zero-order chi connectivity index (χ0) is 27.9. The number of nitrogens with two attached hydrogens (primary N) is 3. The van der Waals surface area contributed by atoms with Gasteiger partial charge in [0.15, 0.2) is 0 Å². The Kier molecular flexibility index (Phi) is 9.55. The number of benzene rings is 2. The monoisotopic (exact) mass is 521 g/mol. The molecule has 0 aliphatic carbocycles. The van der Waals surface area contributed by atoms with Crippen LogP contribution in [0.3, 0.4) is 0 Å². The van der Waals surface area contributed by atoms with Crippen molar-refractivity contribution in [3.8, 4) is 5.75 Å². The molecule has 8 nitrogen and oxygen atoms in total. The maximum Gasteiger partial charge on any atom is 0.410 e. The molecule has 206 valence electrons. The topological polar surface area (TPSA) is 120 Å². The first-order chi connectivity index (χ1) is 18.0. The molecule has 1 saturated heterocycles. The number of allylic oxidation sites excluding steroid dienone is 1. The number of amides is 1. The quantitative estimate of drug-likeness (QED) is 0.428. The van der Waals surface area contributed by atoms with Crippen LogP contribution >= 0.6 is 0 Å². The Morgan fingerprint density at radius 3 is 2.08 bits per heavy atom. The molecule has 8 heteroatoms. The largest absolute Gasteiger partial charge is 0.488 e. The Labute approximate surface area is 227 Å². The van der Waals surface area contributed by atoms with Crippen LogP contribution < -0.4 is 21.9 Å². The molecule has 0 bridgehead atoms. The molecule has 0 spiro atoms. The average Bonchev–Trinajstić information content (AvgIpc) is 2.89. The highest BCUT2D eigenvalue weighted by atomic mass is 16.6. The summed E-state index contributed by atoms with van der Waals surface area (Å²) >= 11 is 0. The van der Waals surface area contributed by atoms with Gasteiger partial charge in [-0.05, 0) is 57.4 Å². The lowest BCUT2D eigenvalue weighted by molar-refractivity contribution is -0.0177. The third kappa shape index (κ3) is 7.37. The lowest BCUT2D eigenvalue weighted by Crippen LogP contribution is -2.60. The van der Waals surface area contributed by atoms with E-state index in [0.717, 1.165) is 24.0 Å². The van der Waals surface area contributed by atoms with E-state index in [1.165, 1.54) is 0 Å². The minimum Gasteiger partial charge on any atom is -0.488 e. The summed E-state index contributed by atoms with van der Waals surface area (Å²) in [5, 5.41) is 0. The van der Waals surface area contributed by atoms with Crippen LogP contribution in [0, 0.1) is 0 Å². The predicted molar refractivity (Wildman–Crippen MR) is 153 cm³/mol. The van der Waals surface area contributed by atoms with E-state index < -0.39 is 5.60 Å². The van der Waals surface area contributed by atoms with E-state index in [1.54, 1.807) is 0 Å². The summed E-state index contributed by atoms with van der Waals surface area (Å²) < 4.78 is 11.8. The van der Waals surface area contributed by atoms with Crippen LogP contribution in [0.2, 0.25) is 0 Å². The highest BCUT2D eigenvalue weighted by Gasteiger charge is 2.39. The summed E-state index contributed by atoms with van der Waals surface area (Å²) in [5.41, 5.74) is 21.4. The van der Waals surface area contributed by atoms with Crippen molar-refractivity contribution in [2.24, 2.45) is 17.2 Å². The predicted octanol–water partition coefficient (Wildman–Crippen LogP) is 4.76. The molecule has 6 N–H and O–H groups in total. The van der Waals surface area contributed by atoms with Gasteiger partial charge in [0.25, 0.3) is 0 Å². The standard InChI is InChI=1S/C30H43N5O3/c1-6-22-18-34(19-23(7-2)35(22)29(36)38-30(3,4)5)26(28(32)33)17-25(31)24-15-11-12-16-27(24)37-20-21-13-9-8-10-14-21/h8-17,22-23H,6-7,18-20,31-33H2,1-5H3/b25-17-. The lowest BCUT2D eigenvalue weighted by atomic mass is 10.0. The van der Waals surface area contributed by atoms with Crippen molar-refractivity contribution >= 4 is 11.8 Å². The SMILES string of the molecule is CCC1CN(C(/C=C(\N)c2ccccc2OCc2ccccc2)=C(N)N)CC(CC)N1C(=O)OC(C)(C)C. The van der Waals surface area contributed by atoms with Gasteiger partial charge >= 0.3 is 6.09 Å². The van der Waals surface area contributed by atoms with Crippen molar-refractivity contribution in [1.29, 1.82) is 0 Å². The van der Waals surface area contributed by atoms with Gasteiger partial charge in [0.1, 0.15) is 23.8 Å². The van der Waals surface area contributed by atoms with Gasteiger partial charge in [0.05, 0.1) is 17.8 Å². The second-order valence-electron chi connectivity index (χ2n) is 10.6. The van der Waals surface area contributed by atoms with Gasteiger partial charge in [0.2, 0.25) is 0 Å². The fourth-order valence-electron chi connectivity index (χ4n) is 4.67. The molecule has 3 rings (SSSR count). The third-order valence-corrected chi connectivity index (χ3v) is 6.56. The number of piperazine rings is 1. The summed E-state index contributed by atoms with van der Waals surface area (Å²) in [5.74, 6) is 0.846. The summed E-state index contributed by atoms with van der Waals surface area (Å²) in [6, 6.07) is 17.5. The molecule has 1 fully saturated rings. The van der Waals surface area contributed by atoms with E-state index in [1.807, 2.05) is 86.3 Å². The minimum atomic E-state index is -0.565. The van der Waals surface area contributed by atoms with Crippen LogP contribution in [0.5, 0.6) is 5.75 Å². The van der Waals surface area contributed by atoms with Crippen LogP contribution in [0.4, 0.5) is 4.79 Å². The molecular weight excluding hydrogens is 478 g/mol. The van der Waals surface area contributed by atoms with E-state index in [-0.39, 0.29) is 24.0 Å². The number of hydrogen-bond acceptors (Lipinski definition) is 7. The summed E-state index contributed by atoms with van der Waals surface area (Å²) in [7, 11) is 0. The van der Waals surface area contributed by atoms with Crippen molar-refractivity contribution < 1.29 is 14.3 Å². The molecule has 1 heterocycles. The molecule has 2 aromatic rings. The zero-order valence-electron chi connectivity index (χ0n) is 23.3. The van der Waals surface area contributed by atoms with Gasteiger partial charge in [-0.3, -0.25) is 4.90 Å². The highest BCUT2D eigenvalue weighted by Crippen LogP contribution is 2.29. The van der Waals surface area contributed by atoms with Crippen LogP contribution in [0.15, 0.2) is 72.2 Å². The maximum atomic E-state index is 13.1. The van der Waals surface area contributed by atoms with Crippen molar-refractivity contribution in [3.05, 3.63) is 83.3 Å². The first-order valence-electron chi connectivity index (χ1n) is 13.3. The summed E-state index contributed by atoms with van der Waals surface area (Å²) in [4.78, 5) is 17.1. The highest BCUT2D eigenvalue weighted by molar-refractivity contribution is 5.71. The number of nitrogens with zero attached hydrogens (tertiary/aromatic N) is 2. The van der Waals surface area contributed by atoms with Gasteiger partial charge in [-0.25, -0.2) is 4.79 Å². The zero-order valence-corrected chi connectivity index (χ0v) is 23.3. The van der Waals surface area contributed by atoms with Crippen molar-refractivity contribution in [3.63, 3.8) is 0 Å². The number of hydrogen-bond donors (Lipinski definition) is 3. The van der Waals surface area contributed by atoms with Crippen LogP contribution in [0.1, 0.15) is 58.6 Å². The Bertz CT molecular complexity index is 1120. The lowest BCUT2D eigenvalue weighted by Gasteiger charge is -2.47. The van der Waals surface area contributed by atoms with E-state index >= 15 is 0 Å². The molecule has 1 aliphatic heterocycles. The Balaban J connectivity index is 1.86. The van der Waals surface area contributed by atoms with Crippen molar-refractivity contribution in [2.75, 3.05) is 13.1 Å². The molecular formula is C30H43N5O3. The van der Waals surface area contributed by atoms with Gasteiger partial charge in [-0.1, -0.05) is 56.3 Å². The Morgan fingerprint density at radius 1 is 0.947 bits per heavy atom. The van der Waals surface area contributed by atoms with E-state index in [2.05, 4.69) is 18.7 Å². The number of para-hydroxylation sites is 1. The van der Waals surface area contributed by atoms with E-state index in [9.17, 15) is 4.79 Å². The fraction of sp³-hybridized carbons (Fsp3) is 0.433. The molecule has 0 aromatic heterocycles. The van der Waals surface area contributed by atoms with Crippen molar-refractivity contribution in [1.82, 2.24) is 9.80 Å². The number of carbonyl (C=O) groups excluding carboxylic acids is 1. The van der Waals surface area contributed by atoms with E-state index in [0.29, 0.717) is 36.8 Å². The Morgan fingerprint density at radius 2 is 1.53 bits per heavy atom. The summed E-state index contributed by atoms with van der Waals surface area (Å²) in [6.07, 6.45) is 3.04. The Hall–Kier alpha value is -3.81. The molecule has 1 amide bonds. The van der Waals surface area contributed by atoms with Gasteiger partial charge in [-0.15, -0.1) is 0 Å². The fourth-order valence-corrected chi connectivity index (χ4v) is 4.67. The normalized spacial score (nSPS) is 18.2. The van der Waals surface area contributed by atoms with Crippen LogP contribution in [0.25, 0.3) is 5.70 Å². The number of ether oxygens (including phenoxy) is 2. The molecule has 1 aliphatic rings. The smallest absolute Gasteiger partial charge is 0.410 e. The third-order valence-electron chi connectivity index (χ3n) is 6.56. The molecule has 2 unspecified atom stereocenters.